The number of carbonyl (C=O) groups excluding carboxylic acids is 6. The molecule has 1 aromatic heterocycles. The first-order valence-electron chi connectivity index (χ1n) is 31.5. The molecule has 4 heterocycles. The van der Waals surface area contributed by atoms with Gasteiger partial charge < -0.3 is 54.5 Å². The van der Waals surface area contributed by atoms with Gasteiger partial charge in [-0.2, -0.15) is 0 Å². The molecule has 0 unspecified atom stereocenters. The number of sulfonamides is 1. The minimum atomic E-state index is -4.24. The number of nitrogens with zero attached hydrogens (tertiary/aromatic N) is 2. The number of Topliss-reactive ketones (excluding diaryl/α,β-unsaturated/α-hetero) is 2. The van der Waals surface area contributed by atoms with Crippen molar-refractivity contribution in [2.75, 3.05) is 43.2 Å². The van der Waals surface area contributed by atoms with Crippen molar-refractivity contribution in [3.63, 3.8) is 0 Å². The zero-order valence-electron chi connectivity index (χ0n) is 54.5. The molecule has 1 aliphatic carbocycles. The highest BCUT2D eigenvalue weighted by atomic mass is 32.2. The zero-order valence-corrected chi connectivity index (χ0v) is 56.1. The number of hydrogen-bond donors (Lipinski definition) is 6. The molecule has 3 fully saturated rings. The van der Waals surface area contributed by atoms with Crippen molar-refractivity contribution in [1.82, 2.24) is 9.88 Å². The lowest BCUT2D eigenvalue weighted by atomic mass is 9.78. The number of thiazole rings is 1. The van der Waals surface area contributed by atoms with Crippen LogP contribution in [-0.2, 0) is 57.7 Å². The third-order valence-electron chi connectivity index (χ3n) is 18.3. The van der Waals surface area contributed by atoms with Crippen molar-refractivity contribution in [2.45, 2.75) is 206 Å². The van der Waals surface area contributed by atoms with E-state index in [9.17, 15) is 52.5 Å². The summed E-state index contributed by atoms with van der Waals surface area (Å²) in [7, 11) is 0.120. The van der Waals surface area contributed by atoms with Crippen molar-refractivity contribution < 1.29 is 76.2 Å². The number of aliphatic hydroxyl groups excluding tert-OH is 2. The third-order valence-corrected chi connectivity index (χ3v) is 20.8. The molecule has 496 valence electrons. The van der Waals surface area contributed by atoms with E-state index in [0.717, 1.165) is 10.5 Å². The van der Waals surface area contributed by atoms with E-state index in [4.69, 9.17) is 23.7 Å². The maximum absolute atomic E-state index is 14.7. The number of benzene rings is 2. The lowest BCUT2D eigenvalue weighted by Gasteiger charge is -2.47. The molecule has 2 saturated heterocycles. The van der Waals surface area contributed by atoms with E-state index in [-0.39, 0.29) is 96.8 Å². The number of piperidine rings is 1. The predicted octanol–water partition coefficient (Wildman–Crippen LogP) is 9.72. The van der Waals surface area contributed by atoms with Crippen LogP contribution >= 0.6 is 11.3 Å². The van der Waals surface area contributed by atoms with Crippen LogP contribution in [-0.4, -0.2) is 145 Å². The molecule has 21 nitrogen and oxygen atoms in total. The van der Waals surface area contributed by atoms with Crippen LogP contribution in [0.4, 0.5) is 16.5 Å². The van der Waals surface area contributed by atoms with Gasteiger partial charge in [0.05, 0.1) is 42.1 Å². The molecule has 1 saturated carbocycles. The fraction of sp³-hybridized carbons (Fsp3) is 0.627. The van der Waals surface area contributed by atoms with Crippen LogP contribution in [0.1, 0.15) is 151 Å². The molecule has 6 N–H and O–H groups in total. The standard InChI is InChI=1S/C67H95N5O16S2/c1-37-29-38(2)31-54(85-12)59-55(86-13)34-41(5)67(81,88-59)61(77)62(78)72-28-15-14-18-49(72)63(79)87-58(40(4)33-44-20-26-50(73)39(3)32-44)42(6)51(74)36-52(75)45(30-37)17-16-19-57(76)69-47-22-24-48(25-23-47)71-90(82,83)56-35-46(21-27-53(56)84-11)60-43(7)68-65(89-60)70-64(80)66(8,9)10/h21-25,27,30,33,35,38-39,41-42,44-45,49-51,54-55,58-59,71,73-74,81H,14-20,26,28-29,31-32,34,36H2,1-13H3,(H,69,76)(H,68,70,80)/b37-30+,40-33+/t38-,39+,41+,42+,44+,45+,49-,50+,51-,54-,55-,58+,59+,67+/m0/s1. The van der Waals surface area contributed by atoms with Gasteiger partial charge in [0.25, 0.3) is 21.7 Å². The highest BCUT2D eigenvalue weighted by molar-refractivity contribution is 7.92. The number of ether oxygens (including phenoxy) is 5. The number of rotatable bonds is 15. The van der Waals surface area contributed by atoms with E-state index < -0.39 is 99.3 Å². The Morgan fingerprint density at radius 1 is 0.878 bits per heavy atom. The molecule has 23 heteroatoms. The number of ketones is 2. The number of aromatic nitrogens is 1. The van der Waals surface area contributed by atoms with E-state index in [2.05, 4.69) is 20.3 Å². The summed E-state index contributed by atoms with van der Waals surface area (Å²) in [5.41, 5.74) is 2.56. The first-order chi connectivity index (χ1) is 42.4. The lowest BCUT2D eigenvalue weighted by Crippen LogP contribution is -2.64. The summed E-state index contributed by atoms with van der Waals surface area (Å²) < 4.78 is 60.7. The highest BCUT2D eigenvalue weighted by Crippen LogP contribution is 2.41. The van der Waals surface area contributed by atoms with Gasteiger partial charge in [0.15, 0.2) is 5.13 Å². The van der Waals surface area contributed by atoms with Gasteiger partial charge in [0.1, 0.15) is 34.7 Å². The maximum Gasteiger partial charge on any atom is 0.329 e. The number of aliphatic hydroxyl groups is 3. The number of carbonyl (C=O) groups is 6. The molecule has 0 radical (unpaired) electrons. The summed E-state index contributed by atoms with van der Waals surface area (Å²) in [5, 5.41) is 41.1. The molecule has 2 aromatic carbocycles. The summed E-state index contributed by atoms with van der Waals surface area (Å²) in [6, 6.07) is 9.68. The molecule has 2 bridgehead atoms. The molecule has 3 amide bonds. The summed E-state index contributed by atoms with van der Waals surface area (Å²) in [5.74, 6) is -9.04. The van der Waals surface area contributed by atoms with E-state index in [1.54, 1.807) is 72.7 Å². The van der Waals surface area contributed by atoms with Crippen LogP contribution in [0.2, 0.25) is 0 Å². The van der Waals surface area contributed by atoms with Crippen LogP contribution in [0.3, 0.4) is 0 Å². The fourth-order valence-corrected chi connectivity index (χ4v) is 15.1. The van der Waals surface area contributed by atoms with Crippen molar-refractivity contribution in [3.8, 4) is 16.2 Å². The number of nitrogens with one attached hydrogen (secondary N) is 3. The molecule has 0 spiro atoms. The number of amides is 3. The number of aryl methyl sites for hydroxylation is 1. The van der Waals surface area contributed by atoms with E-state index in [0.29, 0.717) is 77.5 Å². The van der Waals surface area contributed by atoms with E-state index in [1.165, 1.54) is 50.9 Å². The van der Waals surface area contributed by atoms with Crippen molar-refractivity contribution in [3.05, 3.63) is 71.5 Å². The number of esters is 1. The highest BCUT2D eigenvalue weighted by Gasteiger charge is 2.57. The molecule has 3 aliphatic heterocycles. The molecule has 3 aromatic rings. The Hall–Kier alpha value is -5.92. The summed E-state index contributed by atoms with van der Waals surface area (Å²) in [4.78, 5) is 90.9. The minimum absolute atomic E-state index is 0.00475. The summed E-state index contributed by atoms with van der Waals surface area (Å²) >= 11 is 1.22. The van der Waals surface area contributed by atoms with Gasteiger partial charge >= 0.3 is 5.97 Å². The van der Waals surface area contributed by atoms with Crippen molar-refractivity contribution in [1.29, 1.82) is 0 Å². The third kappa shape index (κ3) is 17.6. The maximum atomic E-state index is 14.7. The molecule has 7 rings (SSSR count). The normalized spacial score (nSPS) is 30.4. The Bertz CT molecular complexity index is 3230. The average molecular weight is 1290 g/mol. The molecular formula is C67H95N5O16S2. The molecule has 90 heavy (non-hydrogen) atoms. The smallest absolute Gasteiger partial charge is 0.329 e. The van der Waals surface area contributed by atoms with Crippen molar-refractivity contribution >= 4 is 73.1 Å². The Balaban J connectivity index is 1.10. The van der Waals surface area contributed by atoms with E-state index in [1.807, 2.05) is 32.9 Å². The first-order valence-corrected chi connectivity index (χ1v) is 33.8. The van der Waals surface area contributed by atoms with Crippen LogP contribution in [0.25, 0.3) is 10.4 Å². The van der Waals surface area contributed by atoms with Crippen LogP contribution in [0, 0.1) is 47.8 Å². The van der Waals surface area contributed by atoms with Crippen molar-refractivity contribution in [2.24, 2.45) is 40.9 Å². The Morgan fingerprint density at radius 3 is 2.21 bits per heavy atom. The Morgan fingerprint density at radius 2 is 1.56 bits per heavy atom. The molecular weight excluding hydrogens is 1190 g/mol. The summed E-state index contributed by atoms with van der Waals surface area (Å²) in [6.07, 6.45) is 2.94. The van der Waals surface area contributed by atoms with Gasteiger partial charge in [-0.1, -0.05) is 77.5 Å². The monoisotopic (exact) mass is 1290 g/mol. The van der Waals surface area contributed by atoms with Gasteiger partial charge in [-0.25, -0.2) is 18.2 Å². The average Bonchev–Trinajstić information content (AvgIpc) is 0.813. The van der Waals surface area contributed by atoms with Gasteiger partial charge in [0.2, 0.25) is 17.6 Å². The number of anilines is 3. The van der Waals surface area contributed by atoms with Crippen LogP contribution in [0.15, 0.2) is 70.7 Å². The predicted molar refractivity (Wildman–Crippen MR) is 343 cm³/mol. The summed E-state index contributed by atoms with van der Waals surface area (Å²) in [6.45, 7) is 18.2. The number of fused-ring (bicyclic) bond motifs is 3. The quantitative estimate of drug-likeness (QED) is 0.0469. The lowest BCUT2D eigenvalue weighted by molar-refractivity contribution is -0.302. The minimum Gasteiger partial charge on any atom is -0.495 e. The second-order valence-electron chi connectivity index (χ2n) is 26.6. The van der Waals surface area contributed by atoms with Crippen LogP contribution < -0.4 is 20.1 Å². The van der Waals surface area contributed by atoms with Crippen LogP contribution in [0.5, 0.6) is 5.75 Å². The number of cyclic esters (lactones) is 1. The van der Waals surface area contributed by atoms with Gasteiger partial charge in [-0.15, -0.1) is 0 Å². The largest absolute Gasteiger partial charge is 0.495 e. The van der Waals surface area contributed by atoms with Gasteiger partial charge in [0, 0.05) is 68.1 Å². The van der Waals surface area contributed by atoms with Gasteiger partial charge in [-0.05, 0) is 163 Å². The Labute approximate surface area is 534 Å². The topological polar surface area (TPSA) is 296 Å². The Kier molecular flexibility index (Phi) is 24.4. The number of allylic oxidation sites excluding steroid dienone is 3. The number of methoxy groups -OCH3 is 3. The SMILES string of the molecule is COc1ccc(-c2sc(NC(=O)C(C)(C)C)nc2C)cc1S(=O)(=O)Nc1ccc(NC(=O)CCC[C@@H]2/C=C(\C)C[C@H](C)C[C@H](OC)[C@H]3O[C@@](O)(C(=O)C(=O)N4CCCC[C@H]4C(=O)O[C@H](/C(C)=C/[C@@H]4CC[C@@H](O)[C@H](C)C4)[C@H](C)[C@@H](O)CC2=O)[C@H](C)C[C@@H]3OC)cc1. The second-order valence-corrected chi connectivity index (χ2v) is 29.2. The first kappa shape index (κ1) is 71.5. The molecule has 14 atom stereocenters. The second kappa shape index (κ2) is 30.7. The number of hydrogen-bond acceptors (Lipinski definition) is 18. The van der Waals surface area contributed by atoms with E-state index >= 15 is 0 Å². The fourth-order valence-electron chi connectivity index (χ4n) is 12.9. The zero-order chi connectivity index (χ0) is 66.2. The molecule has 4 aliphatic rings. The van der Waals surface area contributed by atoms with Gasteiger partial charge in [-0.3, -0.25) is 28.7 Å².